The second kappa shape index (κ2) is 6.85. The third-order valence-electron chi connectivity index (χ3n) is 5.51. The van der Waals surface area contributed by atoms with E-state index in [0.29, 0.717) is 11.8 Å². The zero-order valence-corrected chi connectivity index (χ0v) is 14.6. The van der Waals surface area contributed by atoms with Gasteiger partial charge in [0, 0.05) is 24.7 Å². The van der Waals surface area contributed by atoms with E-state index in [-0.39, 0.29) is 5.56 Å². The molecule has 2 unspecified atom stereocenters. The highest BCUT2D eigenvalue weighted by atomic mass is 16.1. The minimum atomic E-state index is -0.00416. The Bertz CT molecular complexity index is 916. The molecular formula is C22H24N2O. The van der Waals surface area contributed by atoms with Gasteiger partial charge in [0.2, 0.25) is 0 Å². The molecule has 3 nitrogen and oxygen atoms in total. The molecule has 3 aromatic rings. The predicted molar refractivity (Wildman–Crippen MR) is 103 cm³/mol. The number of likely N-dealkylation sites (tertiary alicyclic amines) is 1. The van der Waals surface area contributed by atoms with Gasteiger partial charge in [-0.25, -0.2) is 0 Å². The molecule has 128 valence electrons. The van der Waals surface area contributed by atoms with Gasteiger partial charge in [-0.05, 0) is 47.4 Å². The fourth-order valence-corrected chi connectivity index (χ4v) is 4.21. The highest BCUT2D eigenvalue weighted by molar-refractivity contribution is 5.84. The molecule has 0 spiro atoms. The molecule has 4 rings (SSSR count). The van der Waals surface area contributed by atoms with Crippen molar-refractivity contribution in [3.05, 3.63) is 82.3 Å². The first-order valence-corrected chi connectivity index (χ1v) is 9.09. The molecule has 2 atom stereocenters. The van der Waals surface area contributed by atoms with Crippen LogP contribution in [0.4, 0.5) is 0 Å². The van der Waals surface area contributed by atoms with Crippen molar-refractivity contribution in [1.82, 2.24) is 9.88 Å². The van der Waals surface area contributed by atoms with Crippen molar-refractivity contribution in [2.45, 2.75) is 25.8 Å². The Kier molecular flexibility index (Phi) is 4.41. The van der Waals surface area contributed by atoms with Gasteiger partial charge in [-0.3, -0.25) is 9.69 Å². The zero-order valence-electron chi connectivity index (χ0n) is 14.6. The van der Waals surface area contributed by atoms with Crippen LogP contribution < -0.4 is 5.56 Å². The average molecular weight is 332 g/mol. The first kappa shape index (κ1) is 16.1. The molecule has 2 heterocycles. The summed E-state index contributed by atoms with van der Waals surface area (Å²) in [6, 6.07) is 18.8. The maximum Gasteiger partial charge on any atom is 0.255 e. The number of hydrogen-bond donors (Lipinski definition) is 1. The van der Waals surface area contributed by atoms with E-state index in [1.54, 1.807) is 0 Å². The van der Waals surface area contributed by atoms with Gasteiger partial charge in [-0.2, -0.15) is 0 Å². The second-order valence-corrected chi connectivity index (χ2v) is 7.21. The van der Waals surface area contributed by atoms with Crippen LogP contribution in [0.15, 0.2) is 65.6 Å². The number of benzene rings is 2. The Labute approximate surface area is 148 Å². The molecule has 2 aromatic carbocycles. The molecule has 25 heavy (non-hydrogen) atoms. The monoisotopic (exact) mass is 332 g/mol. The van der Waals surface area contributed by atoms with Crippen molar-refractivity contribution < 1.29 is 0 Å². The average Bonchev–Trinajstić information content (AvgIpc) is 2.65. The topological polar surface area (TPSA) is 36.1 Å². The number of hydrogen-bond acceptors (Lipinski definition) is 2. The van der Waals surface area contributed by atoms with Gasteiger partial charge < -0.3 is 4.98 Å². The summed E-state index contributed by atoms with van der Waals surface area (Å²) in [5, 5.41) is 1.86. The number of nitrogens with one attached hydrogen (secondary N) is 1. The van der Waals surface area contributed by atoms with Crippen LogP contribution in [0, 0.1) is 5.92 Å². The van der Waals surface area contributed by atoms with Crippen LogP contribution in [-0.2, 0) is 6.54 Å². The number of pyridine rings is 1. The van der Waals surface area contributed by atoms with Crippen molar-refractivity contribution in [2.24, 2.45) is 5.92 Å². The molecule has 1 saturated heterocycles. The fraction of sp³-hybridized carbons (Fsp3) is 0.318. The van der Waals surface area contributed by atoms with Gasteiger partial charge in [0.25, 0.3) is 5.56 Å². The third-order valence-corrected chi connectivity index (χ3v) is 5.51. The van der Waals surface area contributed by atoms with Crippen LogP contribution in [0.25, 0.3) is 10.8 Å². The van der Waals surface area contributed by atoms with Gasteiger partial charge >= 0.3 is 0 Å². The second-order valence-electron chi connectivity index (χ2n) is 7.21. The van der Waals surface area contributed by atoms with Gasteiger partial charge in [0.1, 0.15) is 0 Å². The SMILES string of the molecule is CC1CN(Cc2c[nH]c(=O)c3ccccc23)CCC1c1ccccc1. The standard InChI is InChI=1S/C22H24N2O/c1-16-14-24(12-11-19(16)17-7-3-2-4-8-17)15-18-13-23-22(25)21-10-6-5-9-20(18)21/h2-10,13,16,19H,11-12,14-15H2,1H3,(H,23,25). The van der Waals surface area contributed by atoms with Crippen LogP contribution in [-0.4, -0.2) is 23.0 Å². The molecule has 3 heteroatoms. The Hall–Kier alpha value is -2.39. The van der Waals surface area contributed by atoms with Crippen LogP contribution in [0.2, 0.25) is 0 Å². The molecule has 0 saturated carbocycles. The Morgan fingerprint density at radius 2 is 1.76 bits per heavy atom. The van der Waals surface area contributed by atoms with Crippen molar-refractivity contribution in [2.75, 3.05) is 13.1 Å². The number of aromatic amines is 1. The van der Waals surface area contributed by atoms with E-state index in [1.165, 1.54) is 17.5 Å². The van der Waals surface area contributed by atoms with Gasteiger partial charge in [0.15, 0.2) is 0 Å². The van der Waals surface area contributed by atoms with E-state index in [0.717, 1.165) is 30.4 Å². The minimum Gasteiger partial charge on any atom is -0.328 e. The Morgan fingerprint density at radius 1 is 1.04 bits per heavy atom. The molecule has 1 aromatic heterocycles. The Morgan fingerprint density at radius 3 is 2.52 bits per heavy atom. The molecule has 0 radical (unpaired) electrons. The van der Waals surface area contributed by atoms with Crippen LogP contribution in [0.3, 0.4) is 0 Å². The summed E-state index contributed by atoms with van der Waals surface area (Å²) in [7, 11) is 0. The summed E-state index contributed by atoms with van der Waals surface area (Å²) in [6.07, 6.45) is 3.07. The largest absolute Gasteiger partial charge is 0.328 e. The van der Waals surface area contributed by atoms with E-state index in [9.17, 15) is 4.79 Å². The number of fused-ring (bicyclic) bond motifs is 1. The van der Waals surface area contributed by atoms with Crippen molar-refractivity contribution >= 4 is 10.8 Å². The molecule has 0 bridgehead atoms. The first-order valence-electron chi connectivity index (χ1n) is 9.09. The number of rotatable bonds is 3. The fourth-order valence-electron chi connectivity index (χ4n) is 4.21. The first-order chi connectivity index (χ1) is 12.2. The van der Waals surface area contributed by atoms with E-state index < -0.39 is 0 Å². The highest BCUT2D eigenvalue weighted by Gasteiger charge is 2.27. The summed E-state index contributed by atoms with van der Waals surface area (Å²) in [5.41, 5.74) is 2.67. The van der Waals surface area contributed by atoms with E-state index >= 15 is 0 Å². The van der Waals surface area contributed by atoms with Crippen molar-refractivity contribution in [3.63, 3.8) is 0 Å². The lowest BCUT2D eigenvalue weighted by molar-refractivity contribution is 0.156. The number of nitrogens with zero attached hydrogens (tertiary/aromatic N) is 1. The summed E-state index contributed by atoms with van der Waals surface area (Å²) >= 11 is 0. The molecule has 1 fully saturated rings. The van der Waals surface area contributed by atoms with Crippen LogP contribution in [0.1, 0.15) is 30.4 Å². The van der Waals surface area contributed by atoms with Gasteiger partial charge in [0.05, 0.1) is 0 Å². The molecule has 1 aliphatic heterocycles. The minimum absolute atomic E-state index is 0.00416. The number of H-pyrrole nitrogens is 1. The van der Waals surface area contributed by atoms with Gasteiger partial charge in [-0.1, -0.05) is 55.5 Å². The lowest BCUT2D eigenvalue weighted by Gasteiger charge is -2.37. The maximum atomic E-state index is 12.0. The van der Waals surface area contributed by atoms with Gasteiger partial charge in [-0.15, -0.1) is 0 Å². The molecule has 1 N–H and O–H groups in total. The zero-order chi connectivity index (χ0) is 17.2. The van der Waals surface area contributed by atoms with Crippen LogP contribution in [0.5, 0.6) is 0 Å². The predicted octanol–water partition coefficient (Wildman–Crippen LogP) is 4.15. The summed E-state index contributed by atoms with van der Waals surface area (Å²) in [4.78, 5) is 17.4. The molecule has 1 aliphatic rings. The number of piperidine rings is 1. The van der Waals surface area contributed by atoms with Crippen molar-refractivity contribution in [3.8, 4) is 0 Å². The highest BCUT2D eigenvalue weighted by Crippen LogP contribution is 2.33. The normalized spacial score (nSPS) is 21.5. The lowest BCUT2D eigenvalue weighted by atomic mass is 9.81. The molecule has 0 aliphatic carbocycles. The van der Waals surface area contributed by atoms with Crippen molar-refractivity contribution in [1.29, 1.82) is 0 Å². The number of aromatic nitrogens is 1. The smallest absolute Gasteiger partial charge is 0.255 e. The van der Waals surface area contributed by atoms with E-state index in [4.69, 9.17) is 0 Å². The van der Waals surface area contributed by atoms with Crippen LogP contribution >= 0.6 is 0 Å². The third kappa shape index (κ3) is 3.24. The quantitative estimate of drug-likeness (QED) is 0.782. The molecular weight excluding hydrogens is 308 g/mol. The Balaban J connectivity index is 1.52. The summed E-state index contributed by atoms with van der Waals surface area (Å²) in [6.45, 7) is 5.43. The summed E-state index contributed by atoms with van der Waals surface area (Å²) < 4.78 is 0. The summed E-state index contributed by atoms with van der Waals surface area (Å²) in [5.74, 6) is 1.27. The maximum absolute atomic E-state index is 12.0. The van der Waals surface area contributed by atoms with E-state index in [2.05, 4.69) is 53.2 Å². The van der Waals surface area contributed by atoms with E-state index in [1.807, 2.05) is 24.4 Å². The lowest BCUT2D eigenvalue weighted by Crippen LogP contribution is -2.38. The molecule has 0 amide bonds.